The van der Waals surface area contributed by atoms with Gasteiger partial charge in [0.1, 0.15) is 12.4 Å². The molecule has 2 rings (SSSR count). The molecule has 0 aliphatic carbocycles. The van der Waals surface area contributed by atoms with Crippen molar-refractivity contribution in [2.45, 2.75) is 45.8 Å². The minimum absolute atomic E-state index is 0.124. The Morgan fingerprint density at radius 3 is 2.47 bits per heavy atom. The predicted molar refractivity (Wildman–Crippen MR) is 71.7 cm³/mol. The molecule has 2 atom stereocenters. The van der Waals surface area contributed by atoms with E-state index in [9.17, 15) is 4.79 Å². The third-order valence-corrected chi connectivity index (χ3v) is 3.40. The minimum atomic E-state index is -0.884. The molecule has 0 spiro atoms. The first-order valence-electron chi connectivity index (χ1n) is 6.56. The van der Waals surface area contributed by atoms with E-state index in [1.54, 1.807) is 0 Å². The van der Waals surface area contributed by atoms with E-state index in [0.29, 0.717) is 13.0 Å². The second kappa shape index (κ2) is 5.61. The number of carboxylic acid groups (broad SMARTS) is 1. The standard InChI is InChI=1S/C15H20O4/c1-9-6-10(2)14(11(3)7-9)18-8-12-4-5-13(19-12)15(16)17/h6-7,12-13H,4-5,8H2,1-3H3,(H,16,17). The lowest BCUT2D eigenvalue weighted by molar-refractivity contribution is -0.149. The van der Waals surface area contributed by atoms with Gasteiger partial charge in [-0.2, -0.15) is 0 Å². The topological polar surface area (TPSA) is 55.8 Å². The SMILES string of the molecule is Cc1cc(C)c(OCC2CCC(C(=O)O)O2)c(C)c1. The van der Waals surface area contributed by atoms with E-state index in [0.717, 1.165) is 23.3 Å². The number of aliphatic carboxylic acids is 1. The third-order valence-electron chi connectivity index (χ3n) is 3.40. The molecule has 0 amide bonds. The first kappa shape index (κ1) is 13.9. The number of rotatable bonds is 4. The van der Waals surface area contributed by atoms with Gasteiger partial charge in [0.25, 0.3) is 0 Å². The number of hydrogen-bond donors (Lipinski definition) is 1. The summed E-state index contributed by atoms with van der Waals surface area (Å²) < 4.78 is 11.2. The summed E-state index contributed by atoms with van der Waals surface area (Å²) in [5, 5.41) is 8.87. The van der Waals surface area contributed by atoms with Crippen molar-refractivity contribution in [3.63, 3.8) is 0 Å². The molecule has 0 aromatic heterocycles. The van der Waals surface area contributed by atoms with Gasteiger partial charge in [0.05, 0.1) is 6.10 Å². The number of hydrogen-bond acceptors (Lipinski definition) is 3. The molecule has 0 bridgehead atoms. The molecule has 4 heteroatoms. The van der Waals surface area contributed by atoms with Crippen LogP contribution in [0.1, 0.15) is 29.5 Å². The first-order valence-corrected chi connectivity index (χ1v) is 6.56. The smallest absolute Gasteiger partial charge is 0.332 e. The first-order chi connectivity index (χ1) is 8.97. The number of aryl methyl sites for hydroxylation is 3. The molecule has 1 aliphatic heterocycles. The average molecular weight is 264 g/mol. The molecule has 104 valence electrons. The fourth-order valence-corrected chi connectivity index (χ4v) is 2.58. The van der Waals surface area contributed by atoms with Gasteiger partial charge >= 0.3 is 5.97 Å². The zero-order chi connectivity index (χ0) is 14.0. The highest BCUT2D eigenvalue weighted by Crippen LogP contribution is 2.26. The third kappa shape index (κ3) is 3.26. The van der Waals surface area contributed by atoms with Gasteiger partial charge in [0, 0.05) is 0 Å². The van der Waals surface area contributed by atoms with Gasteiger partial charge in [-0.1, -0.05) is 17.7 Å². The summed E-state index contributed by atoms with van der Waals surface area (Å²) in [5.74, 6) is -0.00169. The summed E-state index contributed by atoms with van der Waals surface area (Å²) >= 11 is 0. The second-order valence-electron chi connectivity index (χ2n) is 5.20. The van der Waals surface area contributed by atoms with E-state index >= 15 is 0 Å². The molecule has 0 saturated carbocycles. The molecule has 1 heterocycles. The number of benzene rings is 1. The Balaban J connectivity index is 1.95. The molecule has 0 radical (unpaired) electrons. The predicted octanol–water partition coefficient (Wildman–Crippen LogP) is 2.62. The van der Waals surface area contributed by atoms with Crippen LogP contribution in [-0.2, 0) is 9.53 Å². The van der Waals surface area contributed by atoms with Crippen molar-refractivity contribution >= 4 is 5.97 Å². The summed E-state index contributed by atoms with van der Waals surface area (Å²) in [6, 6.07) is 4.16. The number of carboxylic acids is 1. The summed E-state index contributed by atoms with van der Waals surface area (Å²) in [6.45, 7) is 6.51. The summed E-state index contributed by atoms with van der Waals surface area (Å²) in [4.78, 5) is 10.8. The maximum absolute atomic E-state index is 10.8. The second-order valence-corrected chi connectivity index (χ2v) is 5.20. The van der Waals surface area contributed by atoms with Crippen LogP contribution in [0.3, 0.4) is 0 Å². The van der Waals surface area contributed by atoms with Crippen LogP contribution < -0.4 is 4.74 Å². The number of ether oxygens (including phenoxy) is 2. The summed E-state index contributed by atoms with van der Waals surface area (Å²) in [5.41, 5.74) is 3.42. The van der Waals surface area contributed by atoms with Gasteiger partial charge in [-0.3, -0.25) is 0 Å². The van der Waals surface area contributed by atoms with E-state index < -0.39 is 12.1 Å². The largest absolute Gasteiger partial charge is 0.490 e. The van der Waals surface area contributed by atoms with Crippen molar-refractivity contribution in [1.29, 1.82) is 0 Å². The van der Waals surface area contributed by atoms with Crippen LogP contribution in [0.2, 0.25) is 0 Å². The molecule has 1 N–H and O–H groups in total. The van der Waals surface area contributed by atoms with Crippen molar-refractivity contribution in [3.05, 3.63) is 28.8 Å². The van der Waals surface area contributed by atoms with Crippen molar-refractivity contribution in [1.82, 2.24) is 0 Å². The summed E-state index contributed by atoms with van der Waals surface area (Å²) in [6.07, 6.45) is 0.505. The van der Waals surface area contributed by atoms with Crippen LogP contribution in [0.5, 0.6) is 5.75 Å². The highest BCUT2D eigenvalue weighted by atomic mass is 16.6. The van der Waals surface area contributed by atoms with Gasteiger partial charge in [-0.15, -0.1) is 0 Å². The molecule has 2 unspecified atom stereocenters. The fourth-order valence-electron chi connectivity index (χ4n) is 2.58. The zero-order valence-electron chi connectivity index (χ0n) is 11.6. The van der Waals surface area contributed by atoms with Crippen molar-refractivity contribution < 1.29 is 19.4 Å². The van der Waals surface area contributed by atoms with Gasteiger partial charge in [-0.05, 0) is 44.7 Å². The molecule has 1 fully saturated rings. The van der Waals surface area contributed by atoms with Crippen LogP contribution in [0.4, 0.5) is 0 Å². The van der Waals surface area contributed by atoms with Crippen LogP contribution in [-0.4, -0.2) is 29.9 Å². The summed E-state index contributed by atoms with van der Waals surface area (Å²) in [7, 11) is 0. The lowest BCUT2D eigenvalue weighted by atomic mass is 10.1. The highest BCUT2D eigenvalue weighted by molar-refractivity contribution is 5.72. The van der Waals surface area contributed by atoms with E-state index in [-0.39, 0.29) is 6.10 Å². The van der Waals surface area contributed by atoms with Gasteiger partial charge in [0.15, 0.2) is 6.10 Å². The lowest BCUT2D eigenvalue weighted by Crippen LogP contribution is -2.23. The van der Waals surface area contributed by atoms with Crippen LogP contribution in [0.15, 0.2) is 12.1 Å². The Labute approximate surface area is 113 Å². The minimum Gasteiger partial charge on any atom is -0.490 e. The average Bonchev–Trinajstić information content (AvgIpc) is 2.76. The van der Waals surface area contributed by atoms with Crippen LogP contribution in [0, 0.1) is 20.8 Å². The highest BCUT2D eigenvalue weighted by Gasteiger charge is 2.30. The maximum Gasteiger partial charge on any atom is 0.332 e. The Kier molecular flexibility index (Phi) is 4.10. The maximum atomic E-state index is 10.8. The quantitative estimate of drug-likeness (QED) is 0.908. The van der Waals surface area contributed by atoms with Crippen LogP contribution in [0.25, 0.3) is 0 Å². The van der Waals surface area contributed by atoms with Gasteiger partial charge < -0.3 is 14.6 Å². The van der Waals surface area contributed by atoms with Gasteiger partial charge in [-0.25, -0.2) is 4.79 Å². The van der Waals surface area contributed by atoms with E-state index in [2.05, 4.69) is 19.1 Å². The van der Waals surface area contributed by atoms with E-state index in [1.165, 1.54) is 5.56 Å². The Morgan fingerprint density at radius 2 is 1.95 bits per heavy atom. The lowest BCUT2D eigenvalue weighted by Gasteiger charge is -2.16. The zero-order valence-corrected chi connectivity index (χ0v) is 11.6. The number of carbonyl (C=O) groups is 1. The Morgan fingerprint density at radius 1 is 1.32 bits per heavy atom. The van der Waals surface area contributed by atoms with Crippen molar-refractivity contribution in [2.75, 3.05) is 6.61 Å². The fraction of sp³-hybridized carbons (Fsp3) is 0.533. The molecule has 1 saturated heterocycles. The Hall–Kier alpha value is -1.55. The molecule has 1 aromatic carbocycles. The van der Waals surface area contributed by atoms with Gasteiger partial charge in [0.2, 0.25) is 0 Å². The molecule has 4 nitrogen and oxygen atoms in total. The monoisotopic (exact) mass is 264 g/mol. The molecule has 1 aliphatic rings. The van der Waals surface area contributed by atoms with E-state index in [1.807, 2.05) is 13.8 Å². The molecule has 1 aromatic rings. The molecular weight excluding hydrogens is 244 g/mol. The normalized spacial score (nSPS) is 22.5. The van der Waals surface area contributed by atoms with Crippen molar-refractivity contribution in [2.24, 2.45) is 0 Å². The molecular formula is C15H20O4. The van der Waals surface area contributed by atoms with Crippen LogP contribution >= 0.6 is 0 Å². The van der Waals surface area contributed by atoms with Crippen molar-refractivity contribution in [3.8, 4) is 5.75 Å². The van der Waals surface area contributed by atoms with E-state index in [4.69, 9.17) is 14.6 Å². The Bertz CT molecular complexity index is 458. The molecule has 19 heavy (non-hydrogen) atoms.